The molecule has 7 heavy (non-hydrogen) atoms. The number of alkyl halides is 1. The van der Waals surface area contributed by atoms with Crippen LogP contribution < -0.4 is 0 Å². The van der Waals surface area contributed by atoms with Crippen LogP contribution in [0, 0.1) is 0 Å². The summed E-state index contributed by atoms with van der Waals surface area (Å²) in [5.41, 5.74) is 0. The lowest BCUT2D eigenvalue weighted by Gasteiger charge is -1.98. The van der Waals surface area contributed by atoms with Crippen molar-refractivity contribution in [2.45, 2.75) is 30.7 Å². The van der Waals surface area contributed by atoms with Gasteiger partial charge in [-0.25, -0.2) is 5.11 Å². The first kappa shape index (κ1) is 5.39. The summed E-state index contributed by atoms with van der Waals surface area (Å²) in [7, 11) is 0. The molecule has 1 fully saturated rings. The fraction of sp³-hybridized carbons (Fsp3) is 1.00. The highest BCUT2D eigenvalue weighted by Crippen LogP contribution is 2.23. The van der Waals surface area contributed by atoms with Gasteiger partial charge in [0.15, 0.2) is 0 Å². The highest BCUT2D eigenvalue weighted by molar-refractivity contribution is 6.21. The Bertz CT molecular complexity index is 57.1. The Morgan fingerprint density at radius 1 is 1.43 bits per heavy atom. The molecular weight excluding hydrogens is 112 g/mol. The van der Waals surface area contributed by atoms with Gasteiger partial charge in [-0.2, -0.15) is 0 Å². The van der Waals surface area contributed by atoms with E-state index in [4.69, 9.17) is 11.6 Å². The number of rotatable bonds is 0. The molecule has 1 aliphatic rings. The van der Waals surface area contributed by atoms with E-state index in [-0.39, 0.29) is 5.38 Å². The largest absolute Gasteiger partial charge is 0.231 e. The van der Waals surface area contributed by atoms with E-state index in [0.717, 1.165) is 19.3 Å². The minimum absolute atomic E-state index is 0.0694. The van der Waals surface area contributed by atoms with Gasteiger partial charge >= 0.3 is 0 Å². The van der Waals surface area contributed by atoms with E-state index in [2.05, 4.69) is 0 Å². The molecule has 0 heterocycles. The fourth-order valence-electron chi connectivity index (χ4n) is 0.881. The Balaban J connectivity index is 2.33. The van der Waals surface area contributed by atoms with Gasteiger partial charge in [-0.05, 0) is 19.3 Å². The van der Waals surface area contributed by atoms with Crippen LogP contribution in [0.15, 0.2) is 0 Å². The standard InChI is InChI=1S/C5H8ClO/c6-4-2-1-3-5(4)7/h4-5H,1-3H2. The second-order valence-corrected chi connectivity index (χ2v) is 2.55. The molecule has 1 nitrogen and oxygen atoms in total. The molecule has 2 heteroatoms. The van der Waals surface area contributed by atoms with Crippen LogP contribution in [0.25, 0.3) is 0 Å². The number of hydrogen-bond acceptors (Lipinski definition) is 0. The van der Waals surface area contributed by atoms with Gasteiger partial charge in [-0.3, -0.25) is 0 Å². The van der Waals surface area contributed by atoms with Crippen molar-refractivity contribution in [3.05, 3.63) is 0 Å². The summed E-state index contributed by atoms with van der Waals surface area (Å²) in [6, 6.07) is 0. The third kappa shape index (κ3) is 1.07. The summed E-state index contributed by atoms with van der Waals surface area (Å²) < 4.78 is 0. The van der Waals surface area contributed by atoms with E-state index >= 15 is 0 Å². The molecule has 0 amide bonds. The molecule has 1 aliphatic carbocycles. The smallest absolute Gasteiger partial charge is 0.109 e. The van der Waals surface area contributed by atoms with Crippen LogP contribution in [0.3, 0.4) is 0 Å². The van der Waals surface area contributed by atoms with Crippen LogP contribution in [-0.2, 0) is 5.11 Å². The van der Waals surface area contributed by atoms with Crippen molar-refractivity contribution in [2.75, 3.05) is 0 Å². The third-order valence-electron chi connectivity index (χ3n) is 1.37. The average molecular weight is 120 g/mol. The second kappa shape index (κ2) is 2.01. The lowest BCUT2D eigenvalue weighted by molar-refractivity contribution is 0.0983. The molecule has 0 spiro atoms. The molecule has 1 saturated carbocycles. The van der Waals surface area contributed by atoms with Gasteiger partial charge < -0.3 is 0 Å². The molecule has 1 radical (unpaired) electrons. The maximum absolute atomic E-state index is 10.5. The van der Waals surface area contributed by atoms with Crippen molar-refractivity contribution in [3.63, 3.8) is 0 Å². The molecular formula is C5H8ClO. The van der Waals surface area contributed by atoms with Crippen molar-refractivity contribution in [1.29, 1.82) is 0 Å². The quantitative estimate of drug-likeness (QED) is 0.432. The van der Waals surface area contributed by atoms with Crippen LogP contribution in [0.2, 0.25) is 0 Å². The minimum atomic E-state index is -0.471. The Hall–Kier alpha value is 0.250. The SMILES string of the molecule is [O]C1CCCC1Cl. The molecule has 2 atom stereocenters. The summed E-state index contributed by atoms with van der Waals surface area (Å²) >= 11 is 5.55. The first-order chi connectivity index (χ1) is 3.30. The van der Waals surface area contributed by atoms with E-state index in [9.17, 15) is 5.11 Å². The minimum Gasteiger partial charge on any atom is -0.231 e. The second-order valence-electron chi connectivity index (χ2n) is 1.99. The van der Waals surface area contributed by atoms with Gasteiger partial charge in [0.2, 0.25) is 0 Å². The van der Waals surface area contributed by atoms with Crippen molar-refractivity contribution in [2.24, 2.45) is 0 Å². The van der Waals surface area contributed by atoms with Gasteiger partial charge in [-0.15, -0.1) is 11.6 Å². The van der Waals surface area contributed by atoms with Crippen LogP contribution in [0.1, 0.15) is 19.3 Å². The predicted octanol–water partition coefficient (Wildman–Crippen LogP) is 1.58. The number of hydrogen-bond donors (Lipinski definition) is 0. The van der Waals surface area contributed by atoms with Crippen LogP contribution in [-0.4, -0.2) is 11.5 Å². The van der Waals surface area contributed by atoms with E-state index < -0.39 is 6.10 Å². The van der Waals surface area contributed by atoms with Gasteiger partial charge in [0.1, 0.15) is 6.10 Å². The molecule has 0 aromatic carbocycles. The molecule has 0 aromatic rings. The highest BCUT2D eigenvalue weighted by atomic mass is 35.5. The monoisotopic (exact) mass is 119 g/mol. The highest BCUT2D eigenvalue weighted by Gasteiger charge is 2.23. The van der Waals surface area contributed by atoms with E-state index in [1.165, 1.54) is 0 Å². The summed E-state index contributed by atoms with van der Waals surface area (Å²) in [4.78, 5) is 0. The fourth-order valence-corrected chi connectivity index (χ4v) is 1.16. The predicted molar refractivity (Wildman–Crippen MR) is 28.0 cm³/mol. The summed E-state index contributed by atoms with van der Waals surface area (Å²) in [6.07, 6.45) is 2.27. The average Bonchev–Trinajstić information content (AvgIpc) is 1.91. The Morgan fingerprint density at radius 3 is 2.29 bits per heavy atom. The zero-order valence-electron chi connectivity index (χ0n) is 4.06. The van der Waals surface area contributed by atoms with Crippen LogP contribution >= 0.6 is 11.6 Å². The van der Waals surface area contributed by atoms with Gasteiger partial charge in [-0.1, -0.05) is 0 Å². The Morgan fingerprint density at radius 2 is 2.14 bits per heavy atom. The third-order valence-corrected chi connectivity index (χ3v) is 1.87. The molecule has 1 rings (SSSR count). The van der Waals surface area contributed by atoms with Gasteiger partial charge in [0, 0.05) is 0 Å². The molecule has 0 saturated heterocycles. The Kier molecular flexibility index (Phi) is 1.55. The first-order valence-corrected chi connectivity index (χ1v) is 3.04. The molecule has 0 N–H and O–H groups in total. The molecule has 0 aliphatic heterocycles. The van der Waals surface area contributed by atoms with E-state index in [1.54, 1.807) is 0 Å². The summed E-state index contributed by atoms with van der Waals surface area (Å²) in [6.45, 7) is 0. The molecule has 0 aromatic heterocycles. The first-order valence-electron chi connectivity index (χ1n) is 2.60. The van der Waals surface area contributed by atoms with Gasteiger partial charge in [0.05, 0.1) is 5.38 Å². The van der Waals surface area contributed by atoms with Crippen LogP contribution in [0.4, 0.5) is 0 Å². The summed E-state index contributed by atoms with van der Waals surface area (Å²) in [5, 5.41) is 10.5. The maximum Gasteiger partial charge on any atom is 0.109 e. The van der Waals surface area contributed by atoms with E-state index in [0.29, 0.717) is 0 Å². The maximum atomic E-state index is 10.5. The van der Waals surface area contributed by atoms with Crippen molar-refractivity contribution < 1.29 is 5.11 Å². The number of halogens is 1. The topological polar surface area (TPSA) is 19.9 Å². The zero-order chi connectivity index (χ0) is 5.28. The zero-order valence-corrected chi connectivity index (χ0v) is 4.82. The van der Waals surface area contributed by atoms with Crippen molar-refractivity contribution in [1.82, 2.24) is 0 Å². The van der Waals surface area contributed by atoms with Crippen LogP contribution in [0.5, 0.6) is 0 Å². The lowest BCUT2D eigenvalue weighted by atomic mass is 10.3. The summed E-state index contributed by atoms with van der Waals surface area (Å²) in [5.74, 6) is 0. The normalized spacial score (nSPS) is 42.0. The Labute approximate surface area is 48.3 Å². The lowest BCUT2D eigenvalue weighted by Crippen LogP contribution is -2.09. The van der Waals surface area contributed by atoms with E-state index in [1.807, 2.05) is 0 Å². The molecule has 41 valence electrons. The van der Waals surface area contributed by atoms with Crippen molar-refractivity contribution >= 4 is 11.6 Å². The van der Waals surface area contributed by atoms with Crippen molar-refractivity contribution in [3.8, 4) is 0 Å². The molecule has 2 unspecified atom stereocenters. The molecule has 0 bridgehead atoms. The van der Waals surface area contributed by atoms with Gasteiger partial charge in [0.25, 0.3) is 0 Å².